The SMILES string of the molecule is Cc1cc(NC(=O)N2CCCC(n3cccn3)C2)ccc1[N+](=O)[O-]. The molecule has 1 atom stereocenters. The molecule has 126 valence electrons. The van der Waals surface area contributed by atoms with Crippen LogP contribution in [0.2, 0.25) is 0 Å². The first-order valence-electron chi connectivity index (χ1n) is 7.84. The Hall–Kier alpha value is -2.90. The van der Waals surface area contributed by atoms with Gasteiger partial charge in [0.1, 0.15) is 0 Å². The predicted molar refractivity (Wildman–Crippen MR) is 88.9 cm³/mol. The van der Waals surface area contributed by atoms with Crippen LogP contribution in [-0.4, -0.2) is 38.7 Å². The highest BCUT2D eigenvalue weighted by molar-refractivity contribution is 5.89. The maximum Gasteiger partial charge on any atom is 0.321 e. The van der Waals surface area contributed by atoms with Crippen LogP contribution in [0.5, 0.6) is 0 Å². The number of hydrogen-bond acceptors (Lipinski definition) is 4. The zero-order chi connectivity index (χ0) is 17.1. The molecule has 0 aliphatic carbocycles. The molecule has 8 heteroatoms. The Kier molecular flexibility index (Phi) is 4.45. The fraction of sp³-hybridized carbons (Fsp3) is 0.375. The molecule has 0 radical (unpaired) electrons. The van der Waals surface area contributed by atoms with Crippen molar-refractivity contribution in [2.24, 2.45) is 0 Å². The van der Waals surface area contributed by atoms with E-state index in [2.05, 4.69) is 10.4 Å². The number of hydrogen-bond donors (Lipinski definition) is 1. The van der Waals surface area contributed by atoms with Crippen molar-refractivity contribution in [2.45, 2.75) is 25.8 Å². The van der Waals surface area contributed by atoms with E-state index in [1.54, 1.807) is 30.2 Å². The predicted octanol–water partition coefficient (Wildman–Crippen LogP) is 2.97. The minimum atomic E-state index is -0.430. The van der Waals surface area contributed by atoms with Crippen LogP contribution in [0, 0.1) is 17.0 Å². The van der Waals surface area contributed by atoms with Crippen molar-refractivity contribution in [3.63, 3.8) is 0 Å². The minimum Gasteiger partial charge on any atom is -0.322 e. The number of urea groups is 1. The number of likely N-dealkylation sites (tertiary alicyclic amines) is 1. The molecule has 0 bridgehead atoms. The third-order valence-electron chi connectivity index (χ3n) is 4.23. The van der Waals surface area contributed by atoms with Crippen LogP contribution in [-0.2, 0) is 0 Å². The number of rotatable bonds is 3. The molecule has 0 saturated carbocycles. The second-order valence-corrected chi connectivity index (χ2v) is 5.92. The number of nitrogens with one attached hydrogen (secondary N) is 1. The van der Waals surface area contributed by atoms with Gasteiger partial charge < -0.3 is 10.2 Å². The molecule has 8 nitrogen and oxygen atoms in total. The van der Waals surface area contributed by atoms with Gasteiger partial charge in [-0.2, -0.15) is 5.10 Å². The van der Waals surface area contributed by atoms with Gasteiger partial charge in [-0.3, -0.25) is 14.8 Å². The molecule has 1 aromatic carbocycles. The van der Waals surface area contributed by atoms with Crippen molar-refractivity contribution < 1.29 is 9.72 Å². The molecule has 2 aromatic rings. The number of piperidine rings is 1. The highest BCUT2D eigenvalue weighted by Gasteiger charge is 2.25. The average Bonchev–Trinajstić information content (AvgIpc) is 3.09. The Morgan fingerprint density at radius 3 is 2.96 bits per heavy atom. The molecule has 3 rings (SSSR count). The Morgan fingerprint density at radius 1 is 1.46 bits per heavy atom. The third kappa shape index (κ3) is 3.37. The van der Waals surface area contributed by atoms with Gasteiger partial charge in [-0.1, -0.05) is 0 Å². The summed E-state index contributed by atoms with van der Waals surface area (Å²) in [7, 11) is 0. The van der Waals surface area contributed by atoms with E-state index in [-0.39, 0.29) is 17.8 Å². The summed E-state index contributed by atoms with van der Waals surface area (Å²) >= 11 is 0. The number of nitro groups is 1. The van der Waals surface area contributed by atoms with Gasteiger partial charge >= 0.3 is 6.03 Å². The second-order valence-electron chi connectivity index (χ2n) is 5.92. The number of aromatic nitrogens is 2. The Balaban J connectivity index is 1.66. The first-order valence-corrected chi connectivity index (χ1v) is 7.84. The van der Waals surface area contributed by atoms with Crippen LogP contribution < -0.4 is 5.32 Å². The summed E-state index contributed by atoms with van der Waals surface area (Å²) < 4.78 is 1.88. The van der Waals surface area contributed by atoms with Crippen molar-refractivity contribution in [1.82, 2.24) is 14.7 Å². The van der Waals surface area contributed by atoms with E-state index in [0.717, 1.165) is 12.8 Å². The van der Waals surface area contributed by atoms with Gasteiger partial charge in [-0.15, -0.1) is 0 Å². The molecule has 24 heavy (non-hydrogen) atoms. The summed E-state index contributed by atoms with van der Waals surface area (Å²) in [6, 6.07) is 6.44. The number of nitrogens with zero attached hydrogens (tertiary/aromatic N) is 4. The second kappa shape index (κ2) is 6.69. The number of nitro benzene ring substituents is 1. The van der Waals surface area contributed by atoms with Gasteiger partial charge in [0.2, 0.25) is 0 Å². The molecule has 1 saturated heterocycles. The van der Waals surface area contributed by atoms with Gasteiger partial charge in [0.25, 0.3) is 5.69 Å². The monoisotopic (exact) mass is 329 g/mol. The lowest BCUT2D eigenvalue weighted by atomic mass is 10.1. The molecule has 1 unspecified atom stereocenters. The lowest BCUT2D eigenvalue weighted by molar-refractivity contribution is -0.385. The number of benzene rings is 1. The summed E-state index contributed by atoms with van der Waals surface area (Å²) in [5, 5.41) is 17.9. The van der Waals surface area contributed by atoms with E-state index in [0.29, 0.717) is 24.3 Å². The Morgan fingerprint density at radius 2 is 2.29 bits per heavy atom. The van der Waals surface area contributed by atoms with Gasteiger partial charge in [-0.25, -0.2) is 4.79 Å². The fourth-order valence-electron chi connectivity index (χ4n) is 2.99. The number of anilines is 1. The summed E-state index contributed by atoms with van der Waals surface area (Å²) in [5.41, 5.74) is 1.12. The summed E-state index contributed by atoms with van der Waals surface area (Å²) in [6.07, 6.45) is 5.55. The van der Waals surface area contributed by atoms with Gasteiger partial charge in [0, 0.05) is 42.8 Å². The Bertz CT molecular complexity index is 744. The number of aryl methyl sites for hydroxylation is 1. The maximum atomic E-state index is 12.5. The lowest BCUT2D eigenvalue weighted by Gasteiger charge is -2.32. The average molecular weight is 329 g/mol. The molecule has 1 aliphatic heterocycles. The maximum absolute atomic E-state index is 12.5. The topological polar surface area (TPSA) is 93.3 Å². The smallest absolute Gasteiger partial charge is 0.321 e. The van der Waals surface area contributed by atoms with Crippen molar-refractivity contribution in [3.8, 4) is 0 Å². The third-order valence-corrected chi connectivity index (χ3v) is 4.23. The van der Waals surface area contributed by atoms with E-state index in [4.69, 9.17) is 0 Å². The fourth-order valence-corrected chi connectivity index (χ4v) is 2.99. The summed E-state index contributed by atoms with van der Waals surface area (Å²) in [5.74, 6) is 0. The molecule has 0 spiro atoms. The number of carbonyl (C=O) groups excluding carboxylic acids is 1. The van der Waals surface area contributed by atoms with Crippen LogP contribution in [0.1, 0.15) is 24.4 Å². The van der Waals surface area contributed by atoms with Gasteiger partial charge in [0.15, 0.2) is 0 Å². The summed E-state index contributed by atoms with van der Waals surface area (Å²) in [6.45, 7) is 2.94. The van der Waals surface area contributed by atoms with Crippen molar-refractivity contribution in [1.29, 1.82) is 0 Å². The largest absolute Gasteiger partial charge is 0.322 e. The van der Waals surface area contributed by atoms with Crippen molar-refractivity contribution in [2.75, 3.05) is 18.4 Å². The summed E-state index contributed by atoms with van der Waals surface area (Å²) in [4.78, 5) is 24.6. The molecule has 2 heterocycles. The first-order chi connectivity index (χ1) is 11.5. The lowest BCUT2D eigenvalue weighted by Crippen LogP contribution is -2.43. The molecular formula is C16H19N5O3. The zero-order valence-electron chi connectivity index (χ0n) is 13.4. The van der Waals surface area contributed by atoms with E-state index < -0.39 is 4.92 Å². The Labute approximate surface area is 139 Å². The molecule has 1 fully saturated rings. The van der Waals surface area contributed by atoms with Crippen LogP contribution >= 0.6 is 0 Å². The molecule has 1 aromatic heterocycles. The van der Waals surface area contributed by atoms with Gasteiger partial charge in [0.05, 0.1) is 11.0 Å². The van der Waals surface area contributed by atoms with Crippen LogP contribution in [0.3, 0.4) is 0 Å². The number of carbonyl (C=O) groups is 1. The quantitative estimate of drug-likeness (QED) is 0.692. The number of amides is 2. The molecule has 1 N–H and O–H groups in total. The standard InChI is InChI=1S/C16H19N5O3/c1-12-10-13(5-6-15(12)21(23)24)18-16(22)19-8-2-4-14(11-19)20-9-3-7-17-20/h3,5-7,9-10,14H,2,4,8,11H2,1H3,(H,18,22). The minimum absolute atomic E-state index is 0.0460. The normalized spacial score (nSPS) is 17.5. The first kappa shape index (κ1) is 16.0. The molecule has 2 amide bonds. The molecular weight excluding hydrogens is 310 g/mol. The van der Waals surface area contributed by atoms with Gasteiger partial charge in [-0.05, 0) is 38.0 Å². The van der Waals surface area contributed by atoms with Crippen LogP contribution in [0.15, 0.2) is 36.7 Å². The van der Waals surface area contributed by atoms with E-state index >= 15 is 0 Å². The zero-order valence-corrected chi connectivity index (χ0v) is 13.4. The van der Waals surface area contributed by atoms with E-state index in [9.17, 15) is 14.9 Å². The highest BCUT2D eigenvalue weighted by atomic mass is 16.6. The van der Waals surface area contributed by atoms with Crippen molar-refractivity contribution in [3.05, 3.63) is 52.3 Å². The van der Waals surface area contributed by atoms with Crippen LogP contribution in [0.4, 0.5) is 16.2 Å². The molecule has 1 aliphatic rings. The highest BCUT2D eigenvalue weighted by Crippen LogP contribution is 2.24. The van der Waals surface area contributed by atoms with E-state index in [1.807, 2.05) is 16.9 Å². The van der Waals surface area contributed by atoms with Crippen molar-refractivity contribution >= 4 is 17.4 Å². The van der Waals surface area contributed by atoms with E-state index in [1.165, 1.54) is 6.07 Å². The van der Waals surface area contributed by atoms with Crippen LogP contribution in [0.25, 0.3) is 0 Å².